The molecule has 0 fully saturated rings. The van der Waals surface area contributed by atoms with Crippen molar-refractivity contribution in [2.45, 2.75) is 25.4 Å². The number of ether oxygens (including phenoxy) is 2. The van der Waals surface area contributed by atoms with Gasteiger partial charge in [-0.25, -0.2) is 4.68 Å². The summed E-state index contributed by atoms with van der Waals surface area (Å²) < 4.78 is 12.7. The van der Waals surface area contributed by atoms with Crippen LogP contribution in [0.4, 0.5) is 11.9 Å². The molecule has 27 heavy (non-hydrogen) atoms. The van der Waals surface area contributed by atoms with Crippen molar-refractivity contribution < 1.29 is 9.47 Å². The molecular weight excluding hydrogens is 342 g/mol. The third kappa shape index (κ3) is 3.16. The summed E-state index contributed by atoms with van der Waals surface area (Å²) in [5, 5.41) is 7.86. The van der Waals surface area contributed by atoms with E-state index in [0.29, 0.717) is 17.4 Å². The molecule has 140 valence electrons. The number of methoxy groups -OCH3 is 2. The number of rotatable bonds is 4. The fraction of sp³-hybridized carbons (Fsp3) is 0.300. The zero-order valence-corrected chi connectivity index (χ0v) is 15.6. The van der Waals surface area contributed by atoms with Gasteiger partial charge < -0.3 is 20.5 Å². The largest absolute Gasteiger partial charge is 0.493 e. The number of benzene rings is 2. The molecule has 0 radical (unpaired) electrons. The van der Waals surface area contributed by atoms with E-state index in [1.807, 2.05) is 22.9 Å². The molecule has 0 amide bonds. The van der Waals surface area contributed by atoms with Gasteiger partial charge in [-0.3, -0.25) is 0 Å². The molecular formula is C20H23N5O2. The van der Waals surface area contributed by atoms with Crippen molar-refractivity contribution in [3.05, 3.63) is 59.2 Å². The molecule has 2 heterocycles. The van der Waals surface area contributed by atoms with E-state index in [1.165, 1.54) is 11.1 Å². The summed E-state index contributed by atoms with van der Waals surface area (Å²) in [7, 11) is 3.27. The second kappa shape index (κ2) is 6.83. The molecule has 0 spiro atoms. The van der Waals surface area contributed by atoms with Gasteiger partial charge in [0.1, 0.15) is 0 Å². The molecule has 4 rings (SSSR count). The summed E-state index contributed by atoms with van der Waals surface area (Å²) >= 11 is 0. The number of fused-ring (bicyclic) bond motifs is 1. The van der Waals surface area contributed by atoms with Crippen molar-refractivity contribution in [3.8, 4) is 11.5 Å². The summed E-state index contributed by atoms with van der Waals surface area (Å²) in [6.07, 6.45) is 0.814. The molecule has 1 aliphatic rings. The van der Waals surface area contributed by atoms with Gasteiger partial charge in [0, 0.05) is 0 Å². The maximum atomic E-state index is 5.88. The van der Waals surface area contributed by atoms with Gasteiger partial charge in [-0.05, 0) is 36.6 Å². The number of nitrogens with two attached hydrogens (primary N) is 1. The Morgan fingerprint density at radius 2 is 1.74 bits per heavy atom. The fourth-order valence-electron chi connectivity index (χ4n) is 3.55. The zero-order chi connectivity index (χ0) is 19.0. The first-order chi connectivity index (χ1) is 13.1. The first-order valence-electron chi connectivity index (χ1n) is 8.86. The Hall–Kier alpha value is -3.22. The van der Waals surface area contributed by atoms with Crippen molar-refractivity contribution in [1.29, 1.82) is 0 Å². The Kier molecular flexibility index (Phi) is 4.35. The minimum atomic E-state index is -0.0165. The van der Waals surface area contributed by atoms with E-state index < -0.39 is 0 Å². The third-order valence-electron chi connectivity index (χ3n) is 4.98. The number of aryl methyl sites for hydroxylation is 1. The Morgan fingerprint density at radius 3 is 2.44 bits per heavy atom. The highest BCUT2D eigenvalue weighted by Crippen LogP contribution is 2.40. The Bertz CT molecular complexity index is 952. The summed E-state index contributed by atoms with van der Waals surface area (Å²) in [6.45, 7) is 2.09. The standard InChI is InChI=1S/C20H23N5O2/c1-12-4-6-13(7-5-12)15-11-16(25-20(22-15)23-19(21)24-25)14-8-9-17(26-2)18(10-14)27-3/h4-10,15-16H,11H2,1-3H3,(H3,21,22,23,24)/t15-,16-/m1/s1. The number of aromatic nitrogens is 3. The topological polar surface area (TPSA) is 87.2 Å². The normalized spacial score (nSPS) is 18.5. The van der Waals surface area contributed by atoms with Gasteiger partial charge in [0.2, 0.25) is 11.9 Å². The van der Waals surface area contributed by atoms with Crippen molar-refractivity contribution in [3.63, 3.8) is 0 Å². The lowest BCUT2D eigenvalue weighted by molar-refractivity contribution is 0.352. The third-order valence-corrected chi connectivity index (χ3v) is 4.98. The van der Waals surface area contributed by atoms with Gasteiger partial charge in [0.15, 0.2) is 11.5 Å². The molecule has 0 saturated carbocycles. The first-order valence-corrected chi connectivity index (χ1v) is 8.86. The number of anilines is 2. The van der Waals surface area contributed by atoms with E-state index in [4.69, 9.17) is 15.2 Å². The number of hydrogen-bond donors (Lipinski definition) is 2. The lowest BCUT2D eigenvalue weighted by atomic mass is 9.93. The quantitative estimate of drug-likeness (QED) is 0.737. The molecule has 0 saturated heterocycles. The number of nitrogen functional groups attached to an aromatic ring is 1. The summed E-state index contributed by atoms with van der Waals surface area (Å²) in [5.41, 5.74) is 9.39. The zero-order valence-electron chi connectivity index (χ0n) is 15.6. The molecule has 1 aliphatic heterocycles. The van der Waals surface area contributed by atoms with Crippen LogP contribution in [0.1, 0.15) is 35.2 Å². The van der Waals surface area contributed by atoms with Crippen molar-refractivity contribution in [2.24, 2.45) is 0 Å². The second-order valence-corrected chi connectivity index (χ2v) is 6.71. The highest BCUT2D eigenvalue weighted by molar-refractivity contribution is 5.47. The van der Waals surface area contributed by atoms with Crippen LogP contribution >= 0.6 is 0 Å². The predicted molar refractivity (Wildman–Crippen MR) is 104 cm³/mol. The van der Waals surface area contributed by atoms with E-state index in [2.05, 4.69) is 46.6 Å². The van der Waals surface area contributed by atoms with Gasteiger partial charge in [-0.15, -0.1) is 5.10 Å². The summed E-state index contributed by atoms with van der Waals surface area (Å²) in [4.78, 5) is 4.36. The Balaban J connectivity index is 1.75. The minimum Gasteiger partial charge on any atom is -0.493 e. The molecule has 7 heteroatoms. The Labute approximate surface area is 158 Å². The van der Waals surface area contributed by atoms with Crippen molar-refractivity contribution >= 4 is 11.9 Å². The second-order valence-electron chi connectivity index (χ2n) is 6.71. The lowest BCUT2D eigenvalue weighted by Gasteiger charge is -2.32. The smallest absolute Gasteiger partial charge is 0.241 e. The van der Waals surface area contributed by atoms with E-state index in [0.717, 1.165) is 12.0 Å². The molecule has 2 aromatic carbocycles. The number of hydrogen-bond acceptors (Lipinski definition) is 6. The molecule has 0 bridgehead atoms. The SMILES string of the molecule is COc1ccc([C@H]2C[C@H](c3ccc(C)cc3)Nc3nc(N)nn32)cc1OC. The number of nitrogens with zero attached hydrogens (tertiary/aromatic N) is 3. The molecule has 7 nitrogen and oxygen atoms in total. The van der Waals surface area contributed by atoms with Gasteiger partial charge in [0.05, 0.1) is 26.3 Å². The molecule has 1 aromatic heterocycles. The van der Waals surface area contributed by atoms with Crippen LogP contribution < -0.4 is 20.5 Å². The summed E-state index contributed by atoms with van der Waals surface area (Å²) in [6, 6.07) is 14.6. The Morgan fingerprint density at radius 1 is 1.04 bits per heavy atom. The highest BCUT2D eigenvalue weighted by atomic mass is 16.5. The van der Waals surface area contributed by atoms with E-state index in [9.17, 15) is 0 Å². The van der Waals surface area contributed by atoms with Crippen LogP contribution in [0, 0.1) is 6.92 Å². The molecule has 2 atom stereocenters. The van der Waals surface area contributed by atoms with Gasteiger partial charge in [0.25, 0.3) is 0 Å². The number of nitrogens with one attached hydrogen (secondary N) is 1. The summed E-state index contributed by atoms with van der Waals surface area (Å²) in [5.74, 6) is 2.32. The molecule has 3 aromatic rings. The van der Waals surface area contributed by atoms with Crippen LogP contribution in [0.5, 0.6) is 11.5 Å². The fourth-order valence-corrected chi connectivity index (χ4v) is 3.55. The predicted octanol–water partition coefficient (Wildman–Crippen LogP) is 3.33. The van der Waals surface area contributed by atoms with Crippen LogP contribution in [0.25, 0.3) is 0 Å². The van der Waals surface area contributed by atoms with Crippen LogP contribution in [-0.4, -0.2) is 29.0 Å². The average Bonchev–Trinajstić information content (AvgIpc) is 3.07. The molecule has 0 unspecified atom stereocenters. The van der Waals surface area contributed by atoms with Gasteiger partial charge >= 0.3 is 0 Å². The maximum absolute atomic E-state index is 5.88. The molecule has 3 N–H and O–H groups in total. The first kappa shape index (κ1) is 17.2. The lowest BCUT2D eigenvalue weighted by Crippen LogP contribution is -2.28. The van der Waals surface area contributed by atoms with E-state index >= 15 is 0 Å². The van der Waals surface area contributed by atoms with Gasteiger partial charge in [-0.2, -0.15) is 4.98 Å². The molecule has 0 aliphatic carbocycles. The maximum Gasteiger partial charge on any atom is 0.241 e. The average molecular weight is 365 g/mol. The highest BCUT2D eigenvalue weighted by Gasteiger charge is 2.31. The van der Waals surface area contributed by atoms with Crippen LogP contribution in [0.2, 0.25) is 0 Å². The van der Waals surface area contributed by atoms with Crippen LogP contribution in [-0.2, 0) is 0 Å². The van der Waals surface area contributed by atoms with E-state index in [1.54, 1.807) is 14.2 Å². The van der Waals surface area contributed by atoms with Crippen LogP contribution in [0.3, 0.4) is 0 Å². The van der Waals surface area contributed by atoms with E-state index in [-0.39, 0.29) is 18.0 Å². The van der Waals surface area contributed by atoms with Crippen molar-refractivity contribution in [2.75, 3.05) is 25.3 Å². The van der Waals surface area contributed by atoms with Crippen molar-refractivity contribution in [1.82, 2.24) is 14.8 Å². The van der Waals surface area contributed by atoms with Gasteiger partial charge in [-0.1, -0.05) is 35.9 Å². The monoisotopic (exact) mass is 365 g/mol. The van der Waals surface area contributed by atoms with Crippen LogP contribution in [0.15, 0.2) is 42.5 Å². The minimum absolute atomic E-state index is 0.0165.